The van der Waals surface area contributed by atoms with E-state index in [1.165, 1.54) is 12.8 Å². The highest BCUT2D eigenvalue weighted by Gasteiger charge is 2.38. The van der Waals surface area contributed by atoms with Crippen LogP contribution in [0.25, 0.3) is 23.2 Å². The van der Waals surface area contributed by atoms with E-state index in [1.807, 2.05) is 35.2 Å². The van der Waals surface area contributed by atoms with E-state index in [2.05, 4.69) is 38.4 Å². The van der Waals surface area contributed by atoms with Gasteiger partial charge < -0.3 is 4.90 Å². The fourth-order valence-electron chi connectivity index (χ4n) is 3.83. The summed E-state index contributed by atoms with van der Waals surface area (Å²) in [6, 6.07) is 8.14. The van der Waals surface area contributed by atoms with E-state index in [-0.39, 0.29) is 0 Å². The Morgan fingerprint density at radius 2 is 2.00 bits per heavy atom. The van der Waals surface area contributed by atoms with Crippen LogP contribution in [0.1, 0.15) is 25.5 Å². The zero-order valence-corrected chi connectivity index (χ0v) is 15.5. The Morgan fingerprint density at radius 1 is 1.15 bits per heavy atom. The van der Waals surface area contributed by atoms with Crippen LogP contribution >= 0.6 is 11.8 Å². The van der Waals surface area contributed by atoms with E-state index in [0.29, 0.717) is 18.0 Å². The second-order valence-electron chi connectivity index (χ2n) is 7.77. The van der Waals surface area contributed by atoms with Crippen LogP contribution in [0.3, 0.4) is 0 Å². The van der Waals surface area contributed by atoms with Crippen molar-refractivity contribution in [2.45, 2.75) is 26.2 Å². The number of aromatic nitrogens is 6. The van der Waals surface area contributed by atoms with Crippen LogP contribution in [0.2, 0.25) is 0 Å². The molecule has 2 aliphatic heterocycles. The molecule has 3 aromatic rings. The maximum Gasteiger partial charge on any atom is 0.259 e. The fourth-order valence-corrected chi connectivity index (χ4v) is 4.03. The van der Waals surface area contributed by atoms with E-state index in [9.17, 15) is 0 Å². The van der Waals surface area contributed by atoms with E-state index in [0.717, 1.165) is 35.0 Å². The third-order valence-corrected chi connectivity index (χ3v) is 5.78. The summed E-state index contributed by atoms with van der Waals surface area (Å²) in [5, 5.41) is 17.5. The topological polar surface area (TPSA) is 67.9 Å². The van der Waals surface area contributed by atoms with Gasteiger partial charge in [-0.25, -0.2) is 4.57 Å². The minimum absolute atomic E-state index is 0.383. The molecule has 27 heavy (non-hydrogen) atoms. The van der Waals surface area contributed by atoms with Crippen molar-refractivity contribution in [3.8, 4) is 17.3 Å². The highest BCUT2D eigenvalue weighted by atomic mass is 35.5. The second-order valence-corrected chi connectivity index (χ2v) is 8.21. The summed E-state index contributed by atoms with van der Waals surface area (Å²) in [6.07, 6.45) is 7.30. The summed E-state index contributed by atoms with van der Waals surface area (Å²) in [5.74, 6) is 2.30. The summed E-state index contributed by atoms with van der Waals surface area (Å²) in [6.45, 7) is 2.85. The fraction of sp³-hybridized carbons (Fsp3) is 0.333. The number of hydrogen-bond donors (Lipinski definition) is 0. The van der Waals surface area contributed by atoms with Gasteiger partial charge >= 0.3 is 0 Å². The number of rotatable bonds is 3. The van der Waals surface area contributed by atoms with E-state index < -0.39 is 0 Å². The first-order chi connectivity index (χ1) is 13.1. The van der Waals surface area contributed by atoms with Gasteiger partial charge in [0.05, 0.1) is 23.8 Å². The van der Waals surface area contributed by atoms with Crippen LogP contribution in [0.5, 0.6) is 0 Å². The molecule has 9 heteroatoms. The predicted molar refractivity (Wildman–Crippen MR) is 101 cm³/mol. The van der Waals surface area contributed by atoms with Gasteiger partial charge in [0, 0.05) is 17.3 Å². The number of hydrogen-bond acceptors (Lipinski definition) is 6. The average Bonchev–Trinajstić information content (AvgIpc) is 3.06. The van der Waals surface area contributed by atoms with Crippen molar-refractivity contribution >= 4 is 23.3 Å². The molecule has 0 amide bonds. The molecule has 8 nitrogen and oxygen atoms in total. The highest BCUT2D eigenvalue weighted by Crippen LogP contribution is 2.47. The monoisotopic (exact) mass is 380 g/mol. The summed E-state index contributed by atoms with van der Waals surface area (Å²) in [7, 11) is 0. The Hall–Kier alpha value is -2.87. The number of benzene rings is 1. The van der Waals surface area contributed by atoms with Gasteiger partial charge in [0.25, 0.3) is 5.95 Å². The Kier molecular flexibility index (Phi) is 2.87. The normalized spacial score (nSPS) is 18.8. The highest BCUT2D eigenvalue weighted by molar-refractivity contribution is 6.15. The lowest BCUT2D eigenvalue weighted by Gasteiger charge is -2.29. The third-order valence-electron chi connectivity index (χ3n) is 5.58. The van der Waals surface area contributed by atoms with Crippen LogP contribution in [0.4, 0.5) is 5.69 Å². The van der Waals surface area contributed by atoms with Crippen LogP contribution in [0.15, 0.2) is 36.7 Å². The minimum Gasteiger partial charge on any atom is -0.306 e. The quantitative estimate of drug-likeness (QED) is 0.651. The van der Waals surface area contributed by atoms with Crippen LogP contribution in [-0.2, 0) is 6.42 Å². The molecule has 1 saturated carbocycles. The standard InChI is InChI=1S/C18H17ClN8/c1-18(6-7-18)8-12-9-26(23-20-12)17-22-21-16-13-4-2-3-5-14(13)25-11-24(19)10-15(25)27(16)17/h2-5,9-10H,6-8,11H2,1H3. The van der Waals surface area contributed by atoms with E-state index in [1.54, 1.807) is 9.10 Å². The van der Waals surface area contributed by atoms with Crippen molar-refractivity contribution in [3.63, 3.8) is 0 Å². The molecule has 1 fully saturated rings. The third kappa shape index (κ3) is 2.22. The molecule has 0 spiro atoms. The smallest absolute Gasteiger partial charge is 0.259 e. The lowest BCUT2D eigenvalue weighted by atomic mass is 10.0. The van der Waals surface area contributed by atoms with Crippen LogP contribution in [0, 0.1) is 5.41 Å². The molecule has 136 valence electrons. The maximum atomic E-state index is 6.30. The van der Waals surface area contributed by atoms with Gasteiger partial charge in [-0.3, -0.25) is 4.42 Å². The van der Waals surface area contributed by atoms with E-state index in [4.69, 9.17) is 11.8 Å². The van der Waals surface area contributed by atoms with Gasteiger partial charge in [-0.2, -0.15) is 4.68 Å². The molecule has 0 N–H and O–H groups in total. The lowest BCUT2D eigenvalue weighted by molar-refractivity contribution is 0.560. The number of nitrogens with zero attached hydrogens (tertiary/aromatic N) is 8. The van der Waals surface area contributed by atoms with Gasteiger partial charge in [-0.05, 0) is 36.8 Å². The Balaban J connectivity index is 1.49. The number of halogens is 1. The first-order valence-corrected chi connectivity index (χ1v) is 9.34. The minimum atomic E-state index is 0.383. The van der Waals surface area contributed by atoms with Gasteiger partial charge in [0.1, 0.15) is 12.5 Å². The van der Waals surface area contributed by atoms with Crippen molar-refractivity contribution in [3.05, 3.63) is 42.4 Å². The largest absolute Gasteiger partial charge is 0.306 e. The SMILES string of the molecule is CC1(Cc2cn(-c3nnc4n3C3=CN(Cl)CN3c3ccccc3-4)nn2)CC1. The second kappa shape index (κ2) is 5.10. The van der Waals surface area contributed by atoms with Crippen LogP contribution in [-0.4, -0.2) is 40.8 Å². The van der Waals surface area contributed by atoms with Crippen molar-refractivity contribution in [2.24, 2.45) is 5.41 Å². The van der Waals surface area contributed by atoms with Gasteiger partial charge in [0.15, 0.2) is 5.82 Å². The van der Waals surface area contributed by atoms with E-state index >= 15 is 0 Å². The zero-order chi connectivity index (χ0) is 18.2. The van der Waals surface area contributed by atoms with Crippen molar-refractivity contribution in [1.29, 1.82) is 0 Å². The molecule has 1 aromatic carbocycles. The maximum absolute atomic E-state index is 6.30. The molecular weight excluding hydrogens is 364 g/mol. The lowest BCUT2D eigenvalue weighted by Crippen LogP contribution is -2.29. The first kappa shape index (κ1) is 15.2. The van der Waals surface area contributed by atoms with Crippen LogP contribution < -0.4 is 4.90 Å². The summed E-state index contributed by atoms with van der Waals surface area (Å²) < 4.78 is 5.33. The Bertz CT molecular complexity index is 1090. The Labute approximate surface area is 160 Å². The zero-order valence-electron chi connectivity index (χ0n) is 14.7. The summed E-state index contributed by atoms with van der Waals surface area (Å²) in [5.41, 5.74) is 3.46. The number of fused-ring (bicyclic) bond motifs is 6. The molecule has 1 aliphatic carbocycles. The summed E-state index contributed by atoms with van der Waals surface area (Å²) >= 11 is 6.30. The molecule has 6 rings (SSSR count). The van der Waals surface area contributed by atoms with Gasteiger partial charge in [0.2, 0.25) is 0 Å². The molecule has 3 aliphatic rings. The molecule has 2 aromatic heterocycles. The molecule has 0 bridgehead atoms. The Morgan fingerprint density at radius 3 is 2.85 bits per heavy atom. The van der Waals surface area contributed by atoms with Gasteiger partial charge in [-0.15, -0.1) is 15.3 Å². The number of anilines is 1. The molecule has 4 heterocycles. The molecule has 0 radical (unpaired) electrons. The first-order valence-electron chi connectivity index (χ1n) is 9.00. The molecule has 0 saturated heterocycles. The van der Waals surface area contributed by atoms with Crippen molar-refractivity contribution in [1.82, 2.24) is 34.2 Å². The molecule has 0 atom stereocenters. The molecule has 0 unspecified atom stereocenters. The summed E-state index contributed by atoms with van der Waals surface area (Å²) in [4.78, 5) is 2.14. The average molecular weight is 381 g/mol. The predicted octanol–water partition coefficient (Wildman–Crippen LogP) is 2.87. The van der Waals surface area contributed by atoms with Crippen molar-refractivity contribution in [2.75, 3.05) is 11.6 Å². The van der Waals surface area contributed by atoms with Gasteiger partial charge in [-0.1, -0.05) is 24.3 Å². The number of para-hydroxylation sites is 1. The molecular formula is C18H17ClN8. The van der Waals surface area contributed by atoms with Crippen molar-refractivity contribution < 1.29 is 0 Å².